The maximum atomic E-state index is 14.8. The number of aliphatic hydroxyl groups is 1. The largest absolute Gasteiger partial charge is 0.490 e. The molecule has 2 N–H and O–H groups in total. The van der Waals surface area contributed by atoms with Gasteiger partial charge < -0.3 is 20.1 Å². The molecule has 4 nitrogen and oxygen atoms in total. The number of anilines is 1. The quantitative estimate of drug-likeness (QED) is 0.868. The monoisotopic (exact) mass is 356 g/mol. The lowest BCUT2D eigenvalue weighted by Crippen LogP contribution is -2.67. The highest BCUT2D eigenvalue weighted by atomic mass is 35.5. The maximum Gasteiger partial charge on any atom is 0.150 e. The van der Waals surface area contributed by atoms with Gasteiger partial charge in [0.15, 0.2) is 0 Å². The molecule has 0 unspecified atom stereocenters. The van der Waals surface area contributed by atoms with E-state index in [1.54, 1.807) is 6.07 Å². The minimum atomic E-state index is -0.325. The lowest BCUT2D eigenvalue weighted by molar-refractivity contribution is 0.197. The van der Waals surface area contributed by atoms with E-state index in [2.05, 4.69) is 24.1 Å². The second-order valence-corrected chi connectivity index (χ2v) is 7.83. The average molecular weight is 357 g/mol. The highest BCUT2D eigenvalue weighted by Crippen LogP contribution is 2.38. The number of rotatable bonds is 4. The number of ether oxygens (including phenoxy) is 1. The number of hydrogen-bond donors (Lipinski definition) is 2. The highest BCUT2D eigenvalue weighted by Gasteiger charge is 2.41. The zero-order valence-corrected chi connectivity index (χ0v) is 15.1. The Bertz CT molecular complexity index is 597. The third-order valence-electron chi connectivity index (χ3n) is 4.93. The molecule has 1 aromatic rings. The Morgan fingerprint density at radius 1 is 1.38 bits per heavy atom. The van der Waals surface area contributed by atoms with Crippen molar-refractivity contribution in [1.82, 2.24) is 5.32 Å². The zero-order valence-electron chi connectivity index (χ0n) is 14.3. The van der Waals surface area contributed by atoms with Crippen LogP contribution in [0.1, 0.15) is 39.5 Å². The Morgan fingerprint density at radius 3 is 2.88 bits per heavy atom. The van der Waals surface area contributed by atoms with E-state index in [0.717, 1.165) is 19.4 Å². The first-order chi connectivity index (χ1) is 11.4. The number of piperazine rings is 1. The van der Waals surface area contributed by atoms with Crippen molar-refractivity contribution < 1.29 is 14.2 Å². The number of nitrogens with one attached hydrogen (secondary N) is 1. The summed E-state index contributed by atoms with van der Waals surface area (Å²) >= 11 is 6.29. The first-order valence-electron chi connectivity index (χ1n) is 8.68. The van der Waals surface area contributed by atoms with Crippen molar-refractivity contribution in [1.29, 1.82) is 0 Å². The minimum Gasteiger partial charge on any atom is -0.490 e. The molecule has 1 aliphatic heterocycles. The van der Waals surface area contributed by atoms with Crippen LogP contribution in [0.2, 0.25) is 5.02 Å². The van der Waals surface area contributed by atoms with E-state index in [4.69, 9.17) is 21.4 Å². The average Bonchev–Trinajstić information content (AvgIpc) is 2.53. The molecule has 1 aliphatic carbocycles. The third-order valence-corrected chi connectivity index (χ3v) is 5.23. The molecular formula is C18H26ClFN2O2. The Kier molecular flexibility index (Phi) is 5.23. The summed E-state index contributed by atoms with van der Waals surface area (Å²) in [6, 6.07) is 3.67. The number of benzene rings is 1. The van der Waals surface area contributed by atoms with E-state index in [0.29, 0.717) is 22.8 Å². The van der Waals surface area contributed by atoms with Crippen molar-refractivity contribution in [3.05, 3.63) is 23.0 Å². The van der Waals surface area contributed by atoms with Gasteiger partial charge in [-0.15, -0.1) is 0 Å². The van der Waals surface area contributed by atoms with Gasteiger partial charge in [-0.2, -0.15) is 0 Å². The molecule has 3 rings (SSSR count). The Balaban J connectivity index is 1.92. The molecule has 1 aromatic carbocycles. The van der Waals surface area contributed by atoms with Gasteiger partial charge in [-0.05, 0) is 32.8 Å². The zero-order chi connectivity index (χ0) is 17.3. The van der Waals surface area contributed by atoms with E-state index in [1.807, 2.05) is 0 Å². The van der Waals surface area contributed by atoms with Crippen molar-refractivity contribution in [2.24, 2.45) is 0 Å². The van der Waals surface area contributed by atoms with Crippen LogP contribution in [0.15, 0.2) is 12.1 Å². The predicted octanol–water partition coefficient (Wildman–Crippen LogP) is 3.35. The van der Waals surface area contributed by atoms with Gasteiger partial charge in [-0.25, -0.2) is 4.39 Å². The van der Waals surface area contributed by atoms with E-state index < -0.39 is 0 Å². The normalized spacial score (nSPS) is 26.1. The number of nitrogens with zero attached hydrogens (tertiary/aromatic N) is 1. The summed E-state index contributed by atoms with van der Waals surface area (Å²) < 4.78 is 20.1. The van der Waals surface area contributed by atoms with E-state index in [-0.39, 0.29) is 30.3 Å². The Morgan fingerprint density at radius 2 is 2.12 bits per heavy atom. The van der Waals surface area contributed by atoms with Crippen LogP contribution < -0.4 is 15.0 Å². The maximum absolute atomic E-state index is 14.8. The number of halogens is 2. The lowest BCUT2D eigenvalue weighted by Gasteiger charge is -2.52. The molecule has 2 aliphatic rings. The van der Waals surface area contributed by atoms with Crippen molar-refractivity contribution in [3.8, 4) is 5.75 Å². The van der Waals surface area contributed by atoms with Crippen molar-refractivity contribution in [2.75, 3.05) is 24.7 Å². The summed E-state index contributed by atoms with van der Waals surface area (Å²) in [5.74, 6) is -0.0454. The summed E-state index contributed by atoms with van der Waals surface area (Å²) in [4.78, 5) is 2.18. The van der Waals surface area contributed by atoms with Gasteiger partial charge in [0.2, 0.25) is 0 Å². The summed E-state index contributed by atoms with van der Waals surface area (Å²) in [5, 5.41) is 13.0. The highest BCUT2D eigenvalue weighted by molar-refractivity contribution is 6.32. The van der Waals surface area contributed by atoms with Crippen molar-refractivity contribution in [2.45, 2.75) is 57.2 Å². The summed E-state index contributed by atoms with van der Waals surface area (Å²) in [5.41, 5.74) is 0.464. The van der Waals surface area contributed by atoms with Crippen molar-refractivity contribution >= 4 is 17.3 Å². The molecule has 1 saturated carbocycles. The molecule has 0 aromatic heterocycles. The topological polar surface area (TPSA) is 44.7 Å². The van der Waals surface area contributed by atoms with Crippen molar-refractivity contribution in [3.63, 3.8) is 0 Å². The fourth-order valence-corrected chi connectivity index (χ4v) is 4.22. The van der Waals surface area contributed by atoms with Crippen LogP contribution in [0.25, 0.3) is 0 Å². The van der Waals surface area contributed by atoms with Crippen LogP contribution in [0.5, 0.6) is 5.75 Å². The number of aliphatic hydroxyl groups excluding tert-OH is 1. The SMILES string of the molecule is CC1(C)CN(c2cc(Cl)c(OCCO)cc2F)[C@H]2CCCC[C@H]2N1. The van der Waals surface area contributed by atoms with Crippen LogP contribution in [0.4, 0.5) is 10.1 Å². The first-order valence-corrected chi connectivity index (χ1v) is 9.06. The predicted molar refractivity (Wildman–Crippen MR) is 94.6 cm³/mol. The molecule has 6 heteroatoms. The van der Waals surface area contributed by atoms with Gasteiger partial charge in [0.05, 0.1) is 17.3 Å². The molecule has 0 bridgehead atoms. The minimum absolute atomic E-state index is 0.0799. The summed E-state index contributed by atoms with van der Waals surface area (Å²) in [6.07, 6.45) is 4.58. The fraction of sp³-hybridized carbons (Fsp3) is 0.667. The molecular weight excluding hydrogens is 331 g/mol. The molecule has 24 heavy (non-hydrogen) atoms. The standard InChI is InChI=1S/C18H26ClFN2O2/c1-18(2)11-22(15-6-4-3-5-14(15)21-18)16-9-12(19)17(10-13(16)20)24-8-7-23/h9-10,14-15,21,23H,3-8,11H2,1-2H3/t14-,15+/m1/s1. The molecule has 0 radical (unpaired) electrons. The molecule has 2 atom stereocenters. The van der Waals surface area contributed by atoms with E-state index in [9.17, 15) is 4.39 Å². The van der Waals surface area contributed by atoms with Gasteiger partial charge >= 0.3 is 0 Å². The van der Waals surface area contributed by atoms with Crippen LogP contribution in [-0.2, 0) is 0 Å². The molecule has 134 valence electrons. The molecule has 1 saturated heterocycles. The second kappa shape index (κ2) is 7.06. The Labute approximate surface area is 147 Å². The van der Waals surface area contributed by atoms with Gasteiger partial charge in [0.25, 0.3) is 0 Å². The van der Waals surface area contributed by atoms with Crippen LogP contribution in [0.3, 0.4) is 0 Å². The molecule has 0 spiro atoms. The van der Waals surface area contributed by atoms with Crippen LogP contribution in [-0.4, -0.2) is 42.5 Å². The third kappa shape index (κ3) is 3.63. The first kappa shape index (κ1) is 17.8. The second-order valence-electron chi connectivity index (χ2n) is 7.42. The van der Waals surface area contributed by atoms with Crippen LogP contribution in [0, 0.1) is 5.82 Å². The molecule has 2 fully saturated rings. The number of fused-ring (bicyclic) bond motifs is 1. The van der Waals surface area contributed by atoms with Gasteiger partial charge in [0, 0.05) is 30.2 Å². The fourth-order valence-electron chi connectivity index (χ4n) is 4.01. The smallest absolute Gasteiger partial charge is 0.150 e. The summed E-state index contributed by atoms with van der Waals surface area (Å²) in [7, 11) is 0. The van der Waals surface area contributed by atoms with Gasteiger partial charge in [-0.1, -0.05) is 24.4 Å². The van der Waals surface area contributed by atoms with E-state index in [1.165, 1.54) is 18.9 Å². The Hall–Kier alpha value is -1.04. The summed E-state index contributed by atoms with van der Waals surface area (Å²) in [6.45, 7) is 5.02. The lowest BCUT2D eigenvalue weighted by atomic mass is 9.83. The van der Waals surface area contributed by atoms with Crippen LogP contribution >= 0.6 is 11.6 Å². The van der Waals surface area contributed by atoms with Gasteiger partial charge in [0.1, 0.15) is 18.2 Å². The molecule has 1 heterocycles. The van der Waals surface area contributed by atoms with Gasteiger partial charge in [-0.3, -0.25) is 0 Å². The number of hydrogen-bond acceptors (Lipinski definition) is 4. The molecule has 0 amide bonds. The van der Waals surface area contributed by atoms with E-state index >= 15 is 0 Å².